The van der Waals surface area contributed by atoms with Crippen molar-refractivity contribution in [2.24, 2.45) is 0 Å². The molecule has 0 saturated carbocycles. The molecule has 2 N–H and O–H groups in total. The van der Waals surface area contributed by atoms with Crippen LogP contribution in [0, 0.1) is 5.82 Å². The maximum absolute atomic E-state index is 13.4. The predicted molar refractivity (Wildman–Crippen MR) is 133 cm³/mol. The van der Waals surface area contributed by atoms with Gasteiger partial charge in [0.25, 0.3) is 0 Å². The van der Waals surface area contributed by atoms with E-state index in [0.29, 0.717) is 22.3 Å². The standard InChI is InChI=1S/C26H21FN4O2S/c1-16(32)29-19-9-11-20(12-10-19)31-25(24(30-26(31)34)21-4-2-3-15-28-21)23-14-13-22(33-23)17-5-7-18(27)8-6-17/h2-15,24-25H,1H3,(H,29,32)(H,30,34)/t24-,25-/m1/s1. The molecule has 170 valence electrons. The zero-order valence-corrected chi connectivity index (χ0v) is 19.1. The fourth-order valence-corrected chi connectivity index (χ4v) is 4.46. The SMILES string of the molecule is CC(=O)Nc1ccc(N2C(=S)N[C@H](c3ccccn3)[C@H]2c2ccc(-c3ccc(F)cc3)o2)cc1. The lowest BCUT2D eigenvalue weighted by Crippen LogP contribution is -2.29. The van der Waals surface area contributed by atoms with E-state index in [1.165, 1.54) is 19.1 Å². The second-order valence-electron chi connectivity index (χ2n) is 7.93. The fraction of sp³-hybridized carbons (Fsp3) is 0.115. The normalized spacial score (nSPS) is 17.5. The third-order valence-corrected chi connectivity index (χ3v) is 5.93. The Morgan fingerprint density at radius 1 is 1.06 bits per heavy atom. The largest absolute Gasteiger partial charge is 0.459 e. The van der Waals surface area contributed by atoms with Crippen molar-refractivity contribution >= 4 is 34.6 Å². The number of carbonyl (C=O) groups is 1. The fourth-order valence-electron chi connectivity index (χ4n) is 4.11. The minimum absolute atomic E-state index is 0.136. The van der Waals surface area contributed by atoms with Crippen molar-refractivity contribution in [3.63, 3.8) is 0 Å². The van der Waals surface area contributed by atoms with Crippen LogP contribution in [-0.2, 0) is 4.79 Å². The van der Waals surface area contributed by atoms with Gasteiger partial charge in [0.15, 0.2) is 5.11 Å². The van der Waals surface area contributed by atoms with Gasteiger partial charge in [-0.1, -0.05) is 6.07 Å². The Labute approximate surface area is 201 Å². The average Bonchev–Trinajstić information content (AvgIpc) is 3.45. The minimum Gasteiger partial charge on any atom is -0.459 e. The van der Waals surface area contributed by atoms with Gasteiger partial charge in [-0.05, 0) is 85.0 Å². The van der Waals surface area contributed by atoms with E-state index >= 15 is 0 Å². The number of pyridine rings is 1. The summed E-state index contributed by atoms with van der Waals surface area (Å²) in [6.45, 7) is 1.47. The summed E-state index contributed by atoms with van der Waals surface area (Å²) >= 11 is 5.73. The van der Waals surface area contributed by atoms with Crippen LogP contribution < -0.4 is 15.5 Å². The number of carbonyl (C=O) groups excluding carboxylic acids is 1. The number of hydrogen-bond donors (Lipinski definition) is 2. The van der Waals surface area contributed by atoms with Crippen molar-refractivity contribution in [1.29, 1.82) is 0 Å². The molecule has 1 aliphatic rings. The maximum Gasteiger partial charge on any atom is 0.221 e. The quantitative estimate of drug-likeness (QED) is 0.368. The van der Waals surface area contributed by atoms with Crippen molar-refractivity contribution < 1.29 is 13.6 Å². The van der Waals surface area contributed by atoms with Crippen LogP contribution in [0.1, 0.15) is 30.5 Å². The molecule has 3 heterocycles. The van der Waals surface area contributed by atoms with Gasteiger partial charge in [-0.25, -0.2) is 4.39 Å². The topological polar surface area (TPSA) is 70.4 Å². The van der Waals surface area contributed by atoms with Crippen molar-refractivity contribution in [1.82, 2.24) is 10.3 Å². The molecule has 5 rings (SSSR count). The van der Waals surface area contributed by atoms with Crippen LogP contribution in [0.4, 0.5) is 15.8 Å². The number of aromatic nitrogens is 1. The maximum atomic E-state index is 13.4. The van der Waals surface area contributed by atoms with Crippen molar-refractivity contribution in [3.05, 3.63) is 102 Å². The summed E-state index contributed by atoms with van der Waals surface area (Å²) in [5, 5.41) is 6.70. The summed E-state index contributed by atoms with van der Waals surface area (Å²) < 4.78 is 19.7. The van der Waals surface area contributed by atoms with Crippen LogP contribution in [0.25, 0.3) is 11.3 Å². The van der Waals surface area contributed by atoms with Gasteiger partial charge in [-0.15, -0.1) is 0 Å². The molecule has 0 aliphatic carbocycles. The molecular formula is C26H21FN4O2S. The summed E-state index contributed by atoms with van der Waals surface area (Å²) in [6.07, 6.45) is 1.74. The number of furan rings is 1. The van der Waals surface area contributed by atoms with Gasteiger partial charge >= 0.3 is 0 Å². The molecular weight excluding hydrogens is 451 g/mol. The molecule has 6 nitrogen and oxygen atoms in total. The molecule has 0 radical (unpaired) electrons. The van der Waals surface area contributed by atoms with Crippen molar-refractivity contribution in [2.75, 3.05) is 10.2 Å². The van der Waals surface area contributed by atoms with E-state index in [4.69, 9.17) is 16.6 Å². The Balaban J connectivity index is 1.55. The van der Waals surface area contributed by atoms with Gasteiger partial charge in [0.2, 0.25) is 5.91 Å². The Bertz CT molecular complexity index is 1320. The Morgan fingerprint density at radius 2 is 1.82 bits per heavy atom. The predicted octanol–water partition coefficient (Wildman–Crippen LogP) is 5.62. The third kappa shape index (κ3) is 4.27. The summed E-state index contributed by atoms with van der Waals surface area (Å²) in [5.41, 5.74) is 3.15. The number of anilines is 2. The van der Waals surface area contributed by atoms with Crippen LogP contribution in [0.2, 0.25) is 0 Å². The molecule has 4 aromatic rings. The third-order valence-electron chi connectivity index (χ3n) is 5.61. The van der Waals surface area contributed by atoms with Crippen LogP contribution in [0.5, 0.6) is 0 Å². The number of nitrogens with zero attached hydrogens (tertiary/aromatic N) is 2. The van der Waals surface area contributed by atoms with Crippen LogP contribution in [0.15, 0.2) is 89.5 Å². The molecule has 2 aromatic carbocycles. The highest BCUT2D eigenvalue weighted by atomic mass is 32.1. The lowest BCUT2D eigenvalue weighted by molar-refractivity contribution is -0.114. The van der Waals surface area contributed by atoms with Crippen molar-refractivity contribution in [3.8, 4) is 11.3 Å². The molecule has 2 aromatic heterocycles. The molecule has 0 unspecified atom stereocenters. The molecule has 1 aliphatic heterocycles. The Morgan fingerprint density at radius 3 is 2.50 bits per heavy atom. The summed E-state index contributed by atoms with van der Waals surface area (Å²) in [6, 6.07) is 22.6. The summed E-state index contributed by atoms with van der Waals surface area (Å²) in [4.78, 5) is 17.9. The van der Waals surface area contributed by atoms with Gasteiger partial charge in [0.1, 0.15) is 23.4 Å². The number of halogens is 1. The molecule has 1 fully saturated rings. The van der Waals surface area contributed by atoms with E-state index in [-0.39, 0.29) is 23.8 Å². The van der Waals surface area contributed by atoms with Gasteiger partial charge in [-0.2, -0.15) is 0 Å². The average molecular weight is 473 g/mol. The molecule has 34 heavy (non-hydrogen) atoms. The highest BCUT2D eigenvalue weighted by Gasteiger charge is 2.42. The van der Waals surface area contributed by atoms with Gasteiger partial charge < -0.3 is 20.0 Å². The molecule has 1 saturated heterocycles. The monoisotopic (exact) mass is 472 g/mol. The van der Waals surface area contributed by atoms with Crippen LogP contribution in [0.3, 0.4) is 0 Å². The first-order valence-electron chi connectivity index (χ1n) is 10.7. The second kappa shape index (κ2) is 9.07. The number of benzene rings is 2. The summed E-state index contributed by atoms with van der Waals surface area (Å²) in [7, 11) is 0. The number of thiocarbonyl (C=S) groups is 1. The van der Waals surface area contributed by atoms with Gasteiger partial charge in [0, 0.05) is 30.1 Å². The van der Waals surface area contributed by atoms with E-state index in [9.17, 15) is 9.18 Å². The molecule has 0 spiro atoms. The molecule has 8 heteroatoms. The number of hydrogen-bond acceptors (Lipinski definition) is 4. The zero-order chi connectivity index (χ0) is 23.7. The van der Waals surface area contributed by atoms with E-state index < -0.39 is 0 Å². The number of rotatable bonds is 5. The highest BCUT2D eigenvalue weighted by Crippen LogP contribution is 2.43. The lowest BCUT2D eigenvalue weighted by Gasteiger charge is -2.26. The highest BCUT2D eigenvalue weighted by molar-refractivity contribution is 7.80. The number of amides is 1. The first kappa shape index (κ1) is 21.8. The van der Waals surface area contributed by atoms with E-state index in [1.54, 1.807) is 18.3 Å². The first-order chi connectivity index (χ1) is 16.5. The van der Waals surface area contributed by atoms with E-state index in [0.717, 1.165) is 16.9 Å². The molecule has 1 amide bonds. The second-order valence-corrected chi connectivity index (χ2v) is 8.32. The zero-order valence-electron chi connectivity index (χ0n) is 18.2. The Hall–Kier alpha value is -4.04. The van der Waals surface area contributed by atoms with Crippen LogP contribution in [-0.4, -0.2) is 16.0 Å². The smallest absolute Gasteiger partial charge is 0.221 e. The van der Waals surface area contributed by atoms with Crippen LogP contribution >= 0.6 is 12.2 Å². The van der Waals surface area contributed by atoms with E-state index in [1.807, 2.05) is 59.5 Å². The lowest BCUT2D eigenvalue weighted by atomic mass is 10.0. The van der Waals surface area contributed by atoms with Gasteiger partial charge in [-0.3, -0.25) is 9.78 Å². The number of nitrogens with one attached hydrogen (secondary N) is 2. The summed E-state index contributed by atoms with van der Waals surface area (Å²) in [5.74, 6) is 0.884. The van der Waals surface area contributed by atoms with E-state index in [2.05, 4.69) is 15.6 Å². The first-order valence-corrected chi connectivity index (χ1v) is 11.1. The minimum atomic E-state index is -0.316. The Kier molecular flexibility index (Phi) is 5.81. The van der Waals surface area contributed by atoms with Crippen molar-refractivity contribution in [2.45, 2.75) is 19.0 Å². The molecule has 0 bridgehead atoms. The molecule has 2 atom stereocenters. The van der Waals surface area contributed by atoms with Gasteiger partial charge in [0.05, 0.1) is 11.7 Å².